The van der Waals surface area contributed by atoms with Gasteiger partial charge < -0.3 is 0 Å². The van der Waals surface area contributed by atoms with Crippen molar-refractivity contribution in [3.05, 3.63) is 29.8 Å². The molecule has 3 rings (SSSR count). The van der Waals surface area contributed by atoms with Crippen LogP contribution in [-0.4, -0.2) is 35.2 Å². The van der Waals surface area contributed by atoms with Crippen molar-refractivity contribution in [2.24, 2.45) is 0 Å². The summed E-state index contributed by atoms with van der Waals surface area (Å²) < 4.78 is 0. The molecule has 17 heavy (non-hydrogen) atoms. The van der Waals surface area contributed by atoms with E-state index in [2.05, 4.69) is 40.9 Å². The fourth-order valence-corrected chi connectivity index (χ4v) is 4.15. The van der Waals surface area contributed by atoms with Gasteiger partial charge >= 0.3 is 0 Å². The average Bonchev–Trinajstić information content (AvgIpc) is 3.09. The zero-order chi connectivity index (χ0) is 11.7. The van der Waals surface area contributed by atoms with Crippen LogP contribution in [0.3, 0.4) is 0 Å². The molecule has 0 saturated heterocycles. The lowest BCUT2D eigenvalue weighted by Crippen LogP contribution is -2.34. The first-order chi connectivity index (χ1) is 8.36. The topological polar surface area (TPSA) is 3.24 Å². The minimum Gasteiger partial charge on any atom is -0.298 e. The van der Waals surface area contributed by atoms with E-state index in [0.29, 0.717) is 0 Å². The van der Waals surface area contributed by atoms with Crippen LogP contribution in [0, 0.1) is 0 Å². The van der Waals surface area contributed by atoms with E-state index in [-0.39, 0.29) is 0 Å². The molecule has 92 valence electrons. The van der Waals surface area contributed by atoms with Gasteiger partial charge in [0.1, 0.15) is 0 Å². The van der Waals surface area contributed by atoms with Gasteiger partial charge in [-0.2, -0.15) is 0 Å². The van der Waals surface area contributed by atoms with Crippen LogP contribution in [0.2, 0.25) is 0 Å². The van der Waals surface area contributed by atoms with E-state index in [1.165, 1.54) is 36.3 Å². The SMILES string of the molecule is ClCCN(CC1Cc2ccccc2S1)C1CC1. The highest BCUT2D eigenvalue weighted by Gasteiger charge is 2.32. The molecule has 1 unspecified atom stereocenters. The third kappa shape index (κ3) is 2.81. The molecular weight excluding hydrogens is 250 g/mol. The maximum Gasteiger partial charge on any atom is 0.0351 e. The summed E-state index contributed by atoms with van der Waals surface area (Å²) in [5.41, 5.74) is 1.53. The number of fused-ring (bicyclic) bond motifs is 1. The Morgan fingerprint density at radius 2 is 2.12 bits per heavy atom. The van der Waals surface area contributed by atoms with Gasteiger partial charge in [-0.15, -0.1) is 23.4 Å². The quantitative estimate of drug-likeness (QED) is 0.753. The van der Waals surface area contributed by atoms with Crippen molar-refractivity contribution in [2.45, 2.75) is 35.4 Å². The molecule has 0 spiro atoms. The summed E-state index contributed by atoms with van der Waals surface area (Å²) in [6.07, 6.45) is 3.98. The second kappa shape index (κ2) is 5.21. The molecule has 1 atom stereocenters. The van der Waals surface area contributed by atoms with Crippen LogP contribution in [0.15, 0.2) is 29.2 Å². The first kappa shape index (κ1) is 11.9. The predicted molar refractivity (Wildman–Crippen MR) is 75.1 cm³/mol. The lowest BCUT2D eigenvalue weighted by Gasteiger charge is -2.23. The van der Waals surface area contributed by atoms with E-state index >= 15 is 0 Å². The molecule has 0 amide bonds. The minimum atomic E-state index is 0.733. The largest absolute Gasteiger partial charge is 0.298 e. The lowest BCUT2D eigenvalue weighted by atomic mass is 10.1. The molecule has 0 radical (unpaired) electrons. The minimum absolute atomic E-state index is 0.733. The van der Waals surface area contributed by atoms with Crippen molar-refractivity contribution in [3.63, 3.8) is 0 Å². The van der Waals surface area contributed by atoms with E-state index in [0.717, 1.165) is 23.7 Å². The summed E-state index contributed by atoms with van der Waals surface area (Å²) in [5, 5.41) is 0.733. The van der Waals surface area contributed by atoms with Crippen molar-refractivity contribution in [3.8, 4) is 0 Å². The second-order valence-electron chi connectivity index (χ2n) is 4.97. The van der Waals surface area contributed by atoms with Gasteiger partial charge in [-0.1, -0.05) is 18.2 Å². The van der Waals surface area contributed by atoms with Gasteiger partial charge in [-0.05, 0) is 30.9 Å². The van der Waals surface area contributed by atoms with E-state index < -0.39 is 0 Å². The van der Waals surface area contributed by atoms with Crippen LogP contribution >= 0.6 is 23.4 Å². The van der Waals surface area contributed by atoms with Crippen molar-refractivity contribution < 1.29 is 0 Å². The standard InChI is InChI=1S/C14H18ClNS/c15-7-8-16(12-5-6-12)10-13-9-11-3-1-2-4-14(11)17-13/h1-4,12-13H,5-10H2. The Morgan fingerprint density at radius 1 is 1.29 bits per heavy atom. The van der Waals surface area contributed by atoms with Gasteiger partial charge in [0.15, 0.2) is 0 Å². The van der Waals surface area contributed by atoms with Crippen molar-refractivity contribution in [2.75, 3.05) is 19.0 Å². The Bertz CT molecular complexity index is 367. The van der Waals surface area contributed by atoms with Crippen molar-refractivity contribution in [1.82, 2.24) is 4.90 Å². The van der Waals surface area contributed by atoms with Gasteiger partial charge in [0.05, 0.1) is 0 Å². The summed E-state index contributed by atoms with van der Waals surface area (Å²) >= 11 is 7.95. The van der Waals surface area contributed by atoms with E-state index in [9.17, 15) is 0 Å². The molecule has 1 aliphatic heterocycles. The monoisotopic (exact) mass is 267 g/mol. The van der Waals surface area contributed by atoms with E-state index in [4.69, 9.17) is 11.6 Å². The maximum atomic E-state index is 5.89. The summed E-state index contributed by atoms with van der Waals surface area (Å²) in [6, 6.07) is 9.65. The van der Waals surface area contributed by atoms with Crippen LogP contribution in [0.5, 0.6) is 0 Å². The lowest BCUT2D eigenvalue weighted by molar-refractivity contribution is 0.280. The molecular formula is C14H18ClNS. The number of alkyl halides is 1. The molecule has 3 heteroatoms. The highest BCUT2D eigenvalue weighted by atomic mass is 35.5. The molecule has 1 heterocycles. The summed E-state index contributed by atoms with van der Waals surface area (Å²) in [5.74, 6) is 0.765. The third-order valence-corrected chi connectivity index (χ3v) is 5.06. The van der Waals surface area contributed by atoms with E-state index in [1.807, 2.05) is 0 Å². The molecule has 1 aromatic rings. The zero-order valence-electron chi connectivity index (χ0n) is 9.94. The van der Waals surface area contributed by atoms with Crippen LogP contribution in [0.4, 0.5) is 0 Å². The van der Waals surface area contributed by atoms with Crippen molar-refractivity contribution in [1.29, 1.82) is 0 Å². The number of hydrogen-bond donors (Lipinski definition) is 0. The van der Waals surface area contributed by atoms with Gasteiger partial charge in [0.25, 0.3) is 0 Å². The highest BCUT2D eigenvalue weighted by Crippen LogP contribution is 2.38. The molecule has 0 aromatic heterocycles. The number of thioether (sulfide) groups is 1. The molecule has 1 saturated carbocycles. The normalized spacial score (nSPS) is 23.1. The zero-order valence-corrected chi connectivity index (χ0v) is 11.5. The fraction of sp³-hybridized carbons (Fsp3) is 0.571. The summed E-state index contributed by atoms with van der Waals surface area (Å²) in [6.45, 7) is 2.26. The molecule has 0 bridgehead atoms. The van der Waals surface area contributed by atoms with Crippen LogP contribution in [0.25, 0.3) is 0 Å². The molecule has 1 aromatic carbocycles. The van der Waals surface area contributed by atoms with Crippen LogP contribution in [0.1, 0.15) is 18.4 Å². The molecule has 1 fully saturated rings. The first-order valence-electron chi connectivity index (χ1n) is 6.41. The van der Waals surface area contributed by atoms with Crippen LogP contribution in [-0.2, 0) is 6.42 Å². The van der Waals surface area contributed by atoms with Crippen molar-refractivity contribution >= 4 is 23.4 Å². The summed E-state index contributed by atoms with van der Waals surface area (Å²) in [4.78, 5) is 4.08. The second-order valence-corrected chi connectivity index (χ2v) is 6.69. The van der Waals surface area contributed by atoms with E-state index in [1.54, 1.807) is 0 Å². The maximum absolute atomic E-state index is 5.89. The fourth-order valence-electron chi connectivity index (χ4n) is 2.59. The molecule has 2 aliphatic rings. The first-order valence-corrected chi connectivity index (χ1v) is 7.83. The smallest absolute Gasteiger partial charge is 0.0351 e. The van der Waals surface area contributed by atoms with Crippen LogP contribution < -0.4 is 0 Å². The molecule has 1 nitrogen and oxygen atoms in total. The highest BCUT2D eigenvalue weighted by molar-refractivity contribution is 8.00. The van der Waals surface area contributed by atoms with Gasteiger partial charge in [-0.3, -0.25) is 4.90 Å². The van der Waals surface area contributed by atoms with Gasteiger partial charge in [0.2, 0.25) is 0 Å². The molecule has 1 aliphatic carbocycles. The number of hydrogen-bond acceptors (Lipinski definition) is 2. The summed E-state index contributed by atoms with van der Waals surface area (Å²) in [7, 11) is 0. The number of halogens is 1. The van der Waals surface area contributed by atoms with Gasteiger partial charge in [-0.25, -0.2) is 0 Å². The number of nitrogens with zero attached hydrogens (tertiary/aromatic N) is 1. The number of benzene rings is 1. The van der Waals surface area contributed by atoms with Gasteiger partial charge in [0, 0.05) is 35.2 Å². The number of rotatable bonds is 5. The Kier molecular flexibility index (Phi) is 3.64. The molecule has 0 N–H and O–H groups in total. The Balaban J connectivity index is 1.60. The Morgan fingerprint density at radius 3 is 2.82 bits per heavy atom. The predicted octanol–water partition coefficient (Wildman–Crippen LogP) is 3.41. The Hall–Kier alpha value is -0.180. The Labute approximate surface area is 113 Å². The third-order valence-electron chi connectivity index (χ3n) is 3.59. The average molecular weight is 268 g/mol.